The van der Waals surface area contributed by atoms with E-state index in [1.807, 2.05) is 6.92 Å². The number of carbonyl (C=O) groups is 1. The van der Waals surface area contributed by atoms with Crippen LogP contribution in [0.15, 0.2) is 35.9 Å². The van der Waals surface area contributed by atoms with E-state index in [-0.39, 0.29) is 11.4 Å². The molecule has 0 amide bonds. The van der Waals surface area contributed by atoms with E-state index in [2.05, 4.69) is 11.8 Å². The molecule has 0 spiro atoms. The molecule has 0 radical (unpaired) electrons. The van der Waals surface area contributed by atoms with Crippen LogP contribution in [0.2, 0.25) is 0 Å². The lowest BCUT2D eigenvalue weighted by Crippen LogP contribution is -2.29. The fraction of sp³-hybridized carbons (Fsp3) is 0.267. The molecule has 0 aliphatic carbocycles. The number of allylic oxidation sites excluding steroid dienone is 1. The number of para-hydroxylation sites is 1. The van der Waals surface area contributed by atoms with Crippen LogP contribution in [0.1, 0.15) is 30.1 Å². The van der Waals surface area contributed by atoms with E-state index in [4.69, 9.17) is 4.74 Å². The lowest BCUT2D eigenvalue weighted by Gasteiger charge is -2.22. The van der Waals surface area contributed by atoms with E-state index in [0.717, 1.165) is 12.8 Å². The van der Waals surface area contributed by atoms with Gasteiger partial charge in [-0.25, -0.2) is 0 Å². The van der Waals surface area contributed by atoms with Crippen LogP contribution in [0.4, 0.5) is 0 Å². The number of ketones is 1. The van der Waals surface area contributed by atoms with Gasteiger partial charge in [-0.05, 0) is 18.6 Å². The molecule has 0 bridgehead atoms. The Morgan fingerprint density at radius 2 is 2.22 bits per heavy atom. The van der Waals surface area contributed by atoms with Crippen molar-refractivity contribution in [2.24, 2.45) is 0 Å². The van der Waals surface area contributed by atoms with E-state index < -0.39 is 6.29 Å². The molecule has 3 nitrogen and oxygen atoms in total. The molecule has 1 unspecified atom stereocenters. The minimum absolute atomic E-state index is 0.192. The van der Waals surface area contributed by atoms with Crippen molar-refractivity contribution in [1.82, 2.24) is 0 Å². The van der Waals surface area contributed by atoms with Gasteiger partial charge < -0.3 is 9.84 Å². The average molecular weight is 242 g/mol. The molecule has 1 N–H and O–H groups in total. The molecule has 2 rings (SSSR count). The number of aliphatic hydroxyl groups is 1. The molecule has 1 aliphatic heterocycles. The summed E-state index contributed by atoms with van der Waals surface area (Å²) < 4.78 is 5.27. The topological polar surface area (TPSA) is 46.5 Å². The van der Waals surface area contributed by atoms with Crippen LogP contribution in [0.3, 0.4) is 0 Å². The van der Waals surface area contributed by atoms with Gasteiger partial charge in [-0.3, -0.25) is 4.79 Å². The fourth-order valence-corrected chi connectivity index (χ4v) is 1.67. The number of aliphatic hydroxyl groups excluding tert-OH is 1. The summed E-state index contributed by atoms with van der Waals surface area (Å²) in [4.78, 5) is 12.1. The molecule has 1 aromatic carbocycles. The standard InChI is InChI=1S/C15H14O3/c1-2-3-4-5-9-12-14(16)11-8-6-7-10-13(11)18-15(12)17/h6-10,15,17H,2-3H2,1H3/b12-9+. The van der Waals surface area contributed by atoms with Crippen LogP contribution < -0.4 is 4.74 Å². The summed E-state index contributed by atoms with van der Waals surface area (Å²) in [6.07, 6.45) is 1.94. The highest BCUT2D eigenvalue weighted by atomic mass is 16.6. The van der Waals surface area contributed by atoms with E-state index in [1.165, 1.54) is 6.08 Å². The Kier molecular flexibility index (Phi) is 3.81. The quantitative estimate of drug-likeness (QED) is 0.607. The molecule has 1 heterocycles. The number of ether oxygens (including phenoxy) is 1. The summed E-state index contributed by atoms with van der Waals surface area (Å²) in [6, 6.07) is 6.86. The zero-order valence-corrected chi connectivity index (χ0v) is 10.1. The smallest absolute Gasteiger partial charge is 0.228 e. The summed E-state index contributed by atoms with van der Waals surface area (Å²) in [5.74, 6) is 5.86. The van der Waals surface area contributed by atoms with Crippen LogP contribution in [-0.2, 0) is 0 Å². The first-order valence-corrected chi connectivity index (χ1v) is 5.91. The number of unbranched alkanes of at least 4 members (excludes halogenated alkanes) is 1. The van der Waals surface area contributed by atoms with E-state index >= 15 is 0 Å². The third kappa shape index (κ3) is 2.44. The molecule has 92 valence electrons. The maximum atomic E-state index is 12.1. The zero-order valence-electron chi connectivity index (χ0n) is 10.1. The van der Waals surface area contributed by atoms with Gasteiger partial charge in [0.15, 0.2) is 5.78 Å². The summed E-state index contributed by atoms with van der Waals surface area (Å²) in [6.45, 7) is 2.03. The van der Waals surface area contributed by atoms with Crippen molar-refractivity contribution < 1.29 is 14.6 Å². The molecular formula is C15H14O3. The number of Topliss-reactive ketones (excluding diaryl/α,β-unsaturated/α-hetero) is 1. The third-order valence-electron chi connectivity index (χ3n) is 2.60. The number of rotatable bonds is 1. The largest absolute Gasteiger partial charge is 0.460 e. The first-order chi connectivity index (χ1) is 8.74. The highest BCUT2D eigenvalue weighted by molar-refractivity contribution is 6.12. The first kappa shape index (κ1) is 12.4. The van der Waals surface area contributed by atoms with Crippen molar-refractivity contribution in [2.75, 3.05) is 0 Å². The molecule has 3 heteroatoms. The number of fused-ring (bicyclic) bond motifs is 1. The van der Waals surface area contributed by atoms with Crippen molar-refractivity contribution in [2.45, 2.75) is 26.1 Å². The molecule has 18 heavy (non-hydrogen) atoms. The molecule has 0 aromatic heterocycles. The Balaban J connectivity index is 2.30. The van der Waals surface area contributed by atoms with Gasteiger partial charge in [-0.15, -0.1) is 0 Å². The Morgan fingerprint density at radius 1 is 1.44 bits per heavy atom. The lowest BCUT2D eigenvalue weighted by atomic mass is 9.99. The van der Waals surface area contributed by atoms with Gasteiger partial charge in [-0.2, -0.15) is 0 Å². The summed E-state index contributed by atoms with van der Waals surface area (Å²) in [5.41, 5.74) is 0.656. The predicted molar refractivity (Wildman–Crippen MR) is 68.2 cm³/mol. The number of carbonyl (C=O) groups excluding carboxylic acids is 1. The Hall–Kier alpha value is -2.05. The second kappa shape index (κ2) is 5.52. The summed E-state index contributed by atoms with van der Waals surface area (Å²) >= 11 is 0. The SMILES string of the molecule is CCCC#C/C=C1\C(=O)c2ccccc2OC1O. The molecule has 0 saturated heterocycles. The molecule has 1 aliphatic rings. The first-order valence-electron chi connectivity index (χ1n) is 5.91. The van der Waals surface area contributed by atoms with Gasteiger partial charge in [0.05, 0.1) is 11.1 Å². The van der Waals surface area contributed by atoms with Crippen LogP contribution in [0.25, 0.3) is 0 Å². The van der Waals surface area contributed by atoms with Crippen LogP contribution in [0, 0.1) is 11.8 Å². The molecular weight excluding hydrogens is 228 g/mol. The molecule has 0 fully saturated rings. The predicted octanol–water partition coefficient (Wildman–Crippen LogP) is 2.31. The number of benzene rings is 1. The summed E-state index contributed by atoms with van der Waals surface area (Å²) in [5, 5.41) is 9.76. The van der Waals surface area contributed by atoms with E-state index in [0.29, 0.717) is 11.3 Å². The van der Waals surface area contributed by atoms with Crippen LogP contribution >= 0.6 is 0 Å². The molecule has 1 atom stereocenters. The minimum atomic E-state index is -1.23. The van der Waals surface area contributed by atoms with Gasteiger partial charge in [0.2, 0.25) is 6.29 Å². The number of hydrogen-bond acceptors (Lipinski definition) is 3. The lowest BCUT2D eigenvalue weighted by molar-refractivity contribution is 0.00798. The average Bonchev–Trinajstić information content (AvgIpc) is 2.38. The number of hydrogen-bond donors (Lipinski definition) is 1. The van der Waals surface area contributed by atoms with E-state index in [1.54, 1.807) is 24.3 Å². The maximum Gasteiger partial charge on any atom is 0.228 e. The van der Waals surface area contributed by atoms with Crippen molar-refractivity contribution in [3.05, 3.63) is 41.5 Å². The highest BCUT2D eigenvalue weighted by Gasteiger charge is 2.29. The van der Waals surface area contributed by atoms with Crippen molar-refractivity contribution in [3.8, 4) is 17.6 Å². The van der Waals surface area contributed by atoms with Crippen molar-refractivity contribution >= 4 is 5.78 Å². The summed E-state index contributed by atoms with van der Waals surface area (Å²) in [7, 11) is 0. The van der Waals surface area contributed by atoms with Crippen molar-refractivity contribution in [1.29, 1.82) is 0 Å². The molecule has 1 aromatic rings. The van der Waals surface area contributed by atoms with E-state index in [9.17, 15) is 9.90 Å². The van der Waals surface area contributed by atoms with Gasteiger partial charge >= 0.3 is 0 Å². The zero-order chi connectivity index (χ0) is 13.0. The van der Waals surface area contributed by atoms with Crippen LogP contribution in [0.5, 0.6) is 5.75 Å². The third-order valence-corrected chi connectivity index (χ3v) is 2.60. The highest BCUT2D eigenvalue weighted by Crippen LogP contribution is 2.29. The van der Waals surface area contributed by atoms with Crippen LogP contribution in [-0.4, -0.2) is 17.2 Å². The monoisotopic (exact) mass is 242 g/mol. The Labute approximate surface area is 106 Å². The maximum absolute atomic E-state index is 12.1. The van der Waals surface area contributed by atoms with Crippen molar-refractivity contribution in [3.63, 3.8) is 0 Å². The second-order valence-corrected chi connectivity index (χ2v) is 3.97. The van der Waals surface area contributed by atoms with Gasteiger partial charge in [0, 0.05) is 12.5 Å². The minimum Gasteiger partial charge on any atom is -0.460 e. The molecule has 0 saturated carbocycles. The Morgan fingerprint density at radius 3 is 3.00 bits per heavy atom. The Bertz CT molecular complexity index is 546. The normalized spacial score (nSPS) is 19.8. The van der Waals surface area contributed by atoms with Gasteiger partial charge in [0.1, 0.15) is 5.75 Å². The fourth-order valence-electron chi connectivity index (χ4n) is 1.67. The van der Waals surface area contributed by atoms with Gasteiger partial charge in [-0.1, -0.05) is 30.9 Å². The van der Waals surface area contributed by atoms with Gasteiger partial charge in [0.25, 0.3) is 0 Å². The second-order valence-electron chi connectivity index (χ2n) is 3.97.